The van der Waals surface area contributed by atoms with Gasteiger partial charge in [-0.2, -0.15) is 0 Å². The zero-order chi connectivity index (χ0) is 19.4. The van der Waals surface area contributed by atoms with Crippen molar-refractivity contribution in [2.24, 2.45) is 10.7 Å². The lowest BCUT2D eigenvalue weighted by molar-refractivity contribution is 0.590. The molecule has 0 saturated carbocycles. The van der Waals surface area contributed by atoms with E-state index in [1.54, 1.807) is 18.2 Å². The van der Waals surface area contributed by atoms with Crippen LogP contribution in [0.3, 0.4) is 0 Å². The minimum atomic E-state index is -3.95. The normalized spacial score (nSPS) is 12.2. The Bertz CT molecular complexity index is 1060. The van der Waals surface area contributed by atoms with Gasteiger partial charge in [0, 0.05) is 10.0 Å². The summed E-state index contributed by atoms with van der Waals surface area (Å²) in [6.07, 6.45) is 0. The van der Waals surface area contributed by atoms with Gasteiger partial charge in [0.25, 0.3) is 16.0 Å². The van der Waals surface area contributed by atoms with Crippen molar-refractivity contribution in [3.05, 3.63) is 64.4 Å². The molecule has 0 radical (unpaired) electrons. The first kappa shape index (κ1) is 19.2. The van der Waals surface area contributed by atoms with Gasteiger partial charge in [0.05, 0.1) is 17.1 Å². The molecule has 0 atom stereocenters. The summed E-state index contributed by atoms with van der Waals surface area (Å²) in [5.74, 6) is -0.00452. The van der Waals surface area contributed by atoms with E-state index in [1.807, 2.05) is 0 Å². The summed E-state index contributed by atoms with van der Waals surface area (Å²) in [7, 11) is -3.95. The molecule has 0 saturated heterocycles. The van der Waals surface area contributed by atoms with E-state index in [1.165, 1.54) is 30.3 Å². The van der Waals surface area contributed by atoms with Crippen LogP contribution < -0.4 is 10.5 Å². The molecule has 2 aromatic carbocycles. The lowest BCUT2D eigenvalue weighted by atomic mass is 10.3. The topological polar surface area (TPSA) is 128 Å². The van der Waals surface area contributed by atoms with Gasteiger partial charge in [-0.25, -0.2) is 18.1 Å². The molecule has 0 fully saturated rings. The van der Waals surface area contributed by atoms with Crippen LogP contribution in [0.5, 0.6) is 0 Å². The van der Waals surface area contributed by atoms with Crippen LogP contribution >= 0.6 is 23.2 Å². The molecule has 27 heavy (non-hydrogen) atoms. The SMILES string of the molecule is NCc1nnn(C(=Nc2cc(Cl)cc(Cl)c2)NS(=O)(=O)c2ccccc2)n1. The quantitative estimate of drug-likeness (QED) is 0.485. The average molecular weight is 426 g/mol. The monoisotopic (exact) mass is 425 g/mol. The Labute approximate surface area is 164 Å². The van der Waals surface area contributed by atoms with E-state index in [0.29, 0.717) is 15.7 Å². The van der Waals surface area contributed by atoms with E-state index < -0.39 is 10.0 Å². The molecule has 9 nitrogen and oxygen atoms in total. The fourth-order valence-corrected chi connectivity index (χ4v) is 3.54. The van der Waals surface area contributed by atoms with Crippen LogP contribution in [0.2, 0.25) is 10.0 Å². The molecule has 140 valence electrons. The molecule has 1 heterocycles. The Hall–Kier alpha value is -2.53. The Morgan fingerprint density at radius 3 is 2.41 bits per heavy atom. The number of hydrogen-bond donors (Lipinski definition) is 2. The molecule has 1 aromatic heterocycles. The molecular formula is C15H13Cl2N7O2S. The first-order chi connectivity index (χ1) is 12.9. The second-order valence-electron chi connectivity index (χ2n) is 5.18. The number of nitrogens with two attached hydrogens (primary N) is 1. The number of tetrazole rings is 1. The maximum absolute atomic E-state index is 12.7. The summed E-state index contributed by atoms with van der Waals surface area (Å²) in [5, 5.41) is 12.2. The minimum absolute atomic E-state index is 0.0295. The van der Waals surface area contributed by atoms with E-state index in [0.717, 1.165) is 4.80 Å². The van der Waals surface area contributed by atoms with Crippen LogP contribution in [0.4, 0.5) is 5.69 Å². The molecule has 0 unspecified atom stereocenters. The maximum Gasteiger partial charge on any atom is 0.264 e. The van der Waals surface area contributed by atoms with Crippen molar-refractivity contribution in [2.75, 3.05) is 0 Å². The predicted molar refractivity (Wildman–Crippen MR) is 101 cm³/mol. The van der Waals surface area contributed by atoms with Crippen LogP contribution in [0.25, 0.3) is 0 Å². The molecule has 3 N–H and O–H groups in total. The zero-order valence-corrected chi connectivity index (χ0v) is 15.9. The summed E-state index contributed by atoms with van der Waals surface area (Å²) in [6.45, 7) is 0.0295. The molecule has 3 rings (SSSR count). The van der Waals surface area contributed by atoms with Crippen molar-refractivity contribution in [3.63, 3.8) is 0 Å². The molecular weight excluding hydrogens is 413 g/mol. The Morgan fingerprint density at radius 2 is 1.81 bits per heavy atom. The highest BCUT2D eigenvalue weighted by Crippen LogP contribution is 2.24. The van der Waals surface area contributed by atoms with Crippen molar-refractivity contribution >= 4 is 44.9 Å². The standard InChI is InChI=1S/C15H13Cl2N7O2S/c16-10-6-11(17)8-12(7-10)19-15(24-21-14(9-18)20-23-24)22-27(25,26)13-4-2-1-3-5-13/h1-8H,9,18H2,(H,19,22). The molecule has 0 bridgehead atoms. The number of sulfonamides is 1. The first-order valence-corrected chi connectivity index (χ1v) is 9.73. The number of nitrogens with one attached hydrogen (secondary N) is 1. The minimum Gasteiger partial charge on any atom is -0.324 e. The van der Waals surface area contributed by atoms with E-state index >= 15 is 0 Å². The summed E-state index contributed by atoms with van der Waals surface area (Å²) >= 11 is 12.0. The van der Waals surface area contributed by atoms with Gasteiger partial charge in [-0.15, -0.1) is 10.2 Å². The predicted octanol–water partition coefficient (Wildman–Crippen LogP) is 1.95. The third kappa shape index (κ3) is 4.80. The number of aromatic nitrogens is 4. The third-order valence-electron chi connectivity index (χ3n) is 3.19. The Kier molecular flexibility index (Phi) is 5.71. The number of benzene rings is 2. The van der Waals surface area contributed by atoms with E-state index in [-0.39, 0.29) is 23.2 Å². The summed E-state index contributed by atoms with van der Waals surface area (Å²) in [6, 6.07) is 12.3. The molecule has 0 aliphatic rings. The van der Waals surface area contributed by atoms with E-state index in [2.05, 4.69) is 25.1 Å². The van der Waals surface area contributed by atoms with Gasteiger partial charge in [0.1, 0.15) is 0 Å². The molecule has 3 aromatic rings. The molecule has 0 spiro atoms. The van der Waals surface area contributed by atoms with Crippen LogP contribution in [-0.4, -0.2) is 34.6 Å². The third-order valence-corrected chi connectivity index (χ3v) is 4.97. The number of nitrogens with zero attached hydrogens (tertiary/aromatic N) is 5. The van der Waals surface area contributed by atoms with Crippen molar-refractivity contribution in [3.8, 4) is 0 Å². The van der Waals surface area contributed by atoms with E-state index in [9.17, 15) is 8.42 Å². The van der Waals surface area contributed by atoms with Crippen molar-refractivity contribution in [2.45, 2.75) is 11.4 Å². The van der Waals surface area contributed by atoms with Crippen molar-refractivity contribution in [1.29, 1.82) is 0 Å². The van der Waals surface area contributed by atoms with Crippen LogP contribution in [0, 0.1) is 0 Å². The first-order valence-electron chi connectivity index (χ1n) is 7.49. The van der Waals surface area contributed by atoms with Crippen molar-refractivity contribution in [1.82, 2.24) is 24.9 Å². The fraction of sp³-hybridized carbons (Fsp3) is 0.0667. The number of rotatable bonds is 4. The number of hydrogen-bond acceptors (Lipinski definition) is 7. The van der Waals surface area contributed by atoms with Gasteiger partial charge in [-0.05, 0) is 35.5 Å². The zero-order valence-electron chi connectivity index (χ0n) is 13.6. The lowest BCUT2D eigenvalue weighted by Crippen LogP contribution is -2.37. The number of halogens is 2. The molecule has 12 heteroatoms. The van der Waals surface area contributed by atoms with Gasteiger partial charge in [0.2, 0.25) is 0 Å². The Morgan fingerprint density at radius 1 is 1.15 bits per heavy atom. The molecule has 0 aliphatic heterocycles. The van der Waals surface area contributed by atoms with Gasteiger partial charge < -0.3 is 5.73 Å². The Balaban J connectivity index is 2.06. The second-order valence-corrected chi connectivity index (χ2v) is 7.74. The van der Waals surface area contributed by atoms with E-state index in [4.69, 9.17) is 28.9 Å². The van der Waals surface area contributed by atoms with Gasteiger partial charge in [-0.1, -0.05) is 46.2 Å². The van der Waals surface area contributed by atoms with Crippen LogP contribution in [-0.2, 0) is 16.6 Å². The summed E-state index contributed by atoms with van der Waals surface area (Å²) < 4.78 is 27.7. The van der Waals surface area contributed by atoms with Gasteiger partial charge >= 0.3 is 0 Å². The highest BCUT2D eigenvalue weighted by atomic mass is 35.5. The van der Waals surface area contributed by atoms with Crippen LogP contribution in [0.1, 0.15) is 5.82 Å². The van der Waals surface area contributed by atoms with Gasteiger partial charge in [-0.3, -0.25) is 0 Å². The second kappa shape index (κ2) is 8.01. The van der Waals surface area contributed by atoms with Crippen LogP contribution in [0.15, 0.2) is 58.4 Å². The highest BCUT2D eigenvalue weighted by Gasteiger charge is 2.19. The summed E-state index contributed by atoms with van der Waals surface area (Å²) in [5.41, 5.74) is 5.78. The average Bonchev–Trinajstić information content (AvgIpc) is 3.10. The maximum atomic E-state index is 12.7. The fourth-order valence-electron chi connectivity index (χ4n) is 2.03. The van der Waals surface area contributed by atoms with Crippen molar-refractivity contribution < 1.29 is 8.42 Å². The highest BCUT2D eigenvalue weighted by molar-refractivity contribution is 7.90. The lowest BCUT2D eigenvalue weighted by Gasteiger charge is -2.09. The number of aliphatic imine (C=N–C) groups is 1. The largest absolute Gasteiger partial charge is 0.324 e. The molecule has 0 aliphatic carbocycles. The van der Waals surface area contributed by atoms with Gasteiger partial charge in [0.15, 0.2) is 5.82 Å². The smallest absolute Gasteiger partial charge is 0.264 e. The summed E-state index contributed by atoms with van der Waals surface area (Å²) in [4.78, 5) is 5.19. The molecule has 0 amide bonds.